The fourth-order valence-electron chi connectivity index (χ4n) is 7.80. The number of benzene rings is 1. The van der Waals surface area contributed by atoms with Gasteiger partial charge in [-0.15, -0.1) is 0 Å². The van der Waals surface area contributed by atoms with E-state index in [4.69, 9.17) is 4.84 Å². The molecule has 1 aliphatic heterocycles. The molecular weight excluding hydrogens is 468 g/mol. The van der Waals surface area contributed by atoms with E-state index >= 15 is 0 Å². The van der Waals surface area contributed by atoms with Gasteiger partial charge in [-0.25, -0.2) is 0 Å². The first-order chi connectivity index (χ1) is 17.4. The molecule has 206 valence electrons. The van der Waals surface area contributed by atoms with E-state index in [1.54, 1.807) is 12.0 Å². The summed E-state index contributed by atoms with van der Waals surface area (Å²) in [5.41, 5.74) is 0.501. The molecule has 4 N–H and O–H groups in total. The van der Waals surface area contributed by atoms with Crippen molar-refractivity contribution in [1.29, 1.82) is 0 Å². The molecule has 1 spiro atoms. The van der Waals surface area contributed by atoms with Gasteiger partial charge in [0.2, 0.25) is 5.91 Å². The van der Waals surface area contributed by atoms with Crippen LogP contribution in [0.5, 0.6) is 0 Å². The monoisotopic (exact) mass is 514 g/mol. The highest BCUT2D eigenvalue weighted by molar-refractivity contribution is 5.84. The Labute approximate surface area is 221 Å². The van der Waals surface area contributed by atoms with E-state index in [0.717, 1.165) is 30.8 Å². The Morgan fingerprint density at radius 3 is 2.57 bits per heavy atom. The topological polar surface area (TPSA) is 97.3 Å². The predicted molar refractivity (Wildman–Crippen MR) is 144 cm³/mol. The smallest absolute Gasteiger partial charge is 0.240 e. The van der Waals surface area contributed by atoms with Gasteiger partial charge in [0, 0.05) is 24.8 Å². The average Bonchev–Trinajstić information content (AvgIpc) is 3.24. The van der Waals surface area contributed by atoms with Crippen molar-refractivity contribution in [2.75, 3.05) is 39.1 Å². The lowest BCUT2D eigenvalue weighted by Gasteiger charge is -2.62. The summed E-state index contributed by atoms with van der Waals surface area (Å²) in [5.74, 6) is 1.58. The molecule has 1 aromatic carbocycles. The van der Waals surface area contributed by atoms with Gasteiger partial charge in [0.25, 0.3) is 0 Å². The first-order valence-corrected chi connectivity index (χ1v) is 14.0. The maximum atomic E-state index is 14.0. The number of amides is 1. The molecule has 8 atom stereocenters. The third-order valence-corrected chi connectivity index (χ3v) is 10.4. The third kappa shape index (κ3) is 4.48. The highest BCUT2D eigenvalue weighted by Gasteiger charge is 2.78. The number of nitrogens with zero attached hydrogens (tertiary/aromatic N) is 2. The number of anilines is 1. The molecule has 4 saturated carbocycles. The Hall–Kier alpha value is -1.71. The summed E-state index contributed by atoms with van der Waals surface area (Å²) in [7, 11) is 4.10. The number of hydrogen-bond acceptors (Lipinski definition) is 7. The van der Waals surface area contributed by atoms with Crippen LogP contribution in [0, 0.1) is 28.6 Å². The summed E-state index contributed by atoms with van der Waals surface area (Å²) in [6.45, 7) is 10.7. The van der Waals surface area contributed by atoms with Gasteiger partial charge in [-0.05, 0) is 81.1 Å². The van der Waals surface area contributed by atoms with Crippen LogP contribution in [-0.4, -0.2) is 83.7 Å². The van der Waals surface area contributed by atoms with Crippen molar-refractivity contribution in [3.63, 3.8) is 0 Å². The lowest BCUT2D eigenvalue weighted by molar-refractivity contribution is -0.183. The maximum absolute atomic E-state index is 14.0. The lowest BCUT2D eigenvalue weighted by Crippen LogP contribution is -2.62. The van der Waals surface area contributed by atoms with Gasteiger partial charge in [-0.1, -0.05) is 32.9 Å². The highest BCUT2D eigenvalue weighted by atomic mass is 16.7. The van der Waals surface area contributed by atoms with Crippen molar-refractivity contribution in [2.24, 2.45) is 28.6 Å². The SMILES string of the molecule is CC1[C@@H](NC(=O)[C@H]2N(Cc3cccc(NCCN(C)C)c3)OC(CO)[C@]23CC3(C)O)C[C@H]2C[C@@H]1C2(C)C. The number of carbonyl (C=O) groups excluding carboxylic acids is 1. The molecule has 1 amide bonds. The summed E-state index contributed by atoms with van der Waals surface area (Å²) in [6, 6.07) is 7.61. The summed E-state index contributed by atoms with van der Waals surface area (Å²) in [5, 5.41) is 29.9. The minimum atomic E-state index is -1.06. The van der Waals surface area contributed by atoms with Gasteiger partial charge in [0.05, 0.1) is 24.2 Å². The first kappa shape index (κ1) is 26.9. The van der Waals surface area contributed by atoms with Crippen molar-refractivity contribution >= 4 is 11.6 Å². The van der Waals surface area contributed by atoms with Crippen LogP contribution in [-0.2, 0) is 16.2 Å². The number of hydrogen-bond donors (Lipinski definition) is 4. The zero-order valence-corrected chi connectivity index (χ0v) is 23.3. The van der Waals surface area contributed by atoms with Crippen LogP contribution in [0.15, 0.2) is 24.3 Å². The second kappa shape index (κ2) is 9.49. The molecule has 8 nitrogen and oxygen atoms in total. The normalized spacial score (nSPS) is 40.0. The van der Waals surface area contributed by atoms with Gasteiger partial charge in [-0.3, -0.25) is 9.63 Å². The average molecular weight is 515 g/mol. The fourth-order valence-corrected chi connectivity index (χ4v) is 7.80. The van der Waals surface area contributed by atoms with Crippen molar-refractivity contribution in [1.82, 2.24) is 15.3 Å². The Kier molecular flexibility index (Phi) is 6.89. The Bertz CT molecular complexity index is 1010. The lowest BCUT2D eigenvalue weighted by atomic mass is 9.45. The van der Waals surface area contributed by atoms with Crippen molar-refractivity contribution in [2.45, 2.75) is 77.3 Å². The zero-order chi connectivity index (χ0) is 26.8. The molecule has 1 saturated heterocycles. The summed E-state index contributed by atoms with van der Waals surface area (Å²) in [6.07, 6.45) is 2.07. The van der Waals surface area contributed by atoms with E-state index in [-0.39, 0.29) is 18.6 Å². The molecule has 6 rings (SSSR count). The fraction of sp³-hybridized carbons (Fsp3) is 0.759. The molecule has 5 fully saturated rings. The number of aliphatic hydroxyl groups is 2. The van der Waals surface area contributed by atoms with Gasteiger partial charge in [0.15, 0.2) is 0 Å². The maximum Gasteiger partial charge on any atom is 0.240 e. The first-order valence-electron chi connectivity index (χ1n) is 14.0. The number of aliphatic hydroxyl groups excluding tert-OH is 1. The molecule has 3 unspecified atom stereocenters. The Morgan fingerprint density at radius 2 is 1.97 bits per heavy atom. The van der Waals surface area contributed by atoms with Crippen LogP contribution < -0.4 is 10.6 Å². The zero-order valence-electron chi connectivity index (χ0n) is 23.3. The van der Waals surface area contributed by atoms with Crippen LogP contribution in [0.3, 0.4) is 0 Å². The molecule has 2 bridgehead atoms. The van der Waals surface area contributed by atoms with E-state index < -0.39 is 23.2 Å². The largest absolute Gasteiger partial charge is 0.394 e. The van der Waals surface area contributed by atoms with Crippen molar-refractivity contribution in [3.8, 4) is 0 Å². The van der Waals surface area contributed by atoms with E-state index in [2.05, 4.69) is 42.4 Å². The van der Waals surface area contributed by atoms with Gasteiger partial charge < -0.3 is 25.7 Å². The number of nitrogens with one attached hydrogen (secondary N) is 2. The number of fused-ring (bicyclic) bond motifs is 2. The molecule has 1 heterocycles. The number of hydroxylamine groups is 2. The summed E-state index contributed by atoms with van der Waals surface area (Å²) >= 11 is 0. The highest BCUT2D eigenvalue weighted by Crippen LogP contribution is 2.66. The third-order valence-electron chi connectivity index (χ3n) is 10.4. The van der Waals surface area contributed by atoms with Crippen LogP contribution >= 0.6 is 0 Å². The molecule has 1 aromatic rings. The van der Waals surface area contributed by atoms with Gasteiger partial charge in [-0.2, -0.15) is 5.06 Å². The van der Waals surface area contributed by atoms with Crippen molar-refractivity contribution < 1.29 is 19.8 Å². The summed E-state index contributed by atoms with van der Waals surface area (Å²) < 4.78 is 0. The minimum Gasteiger partial charge on any atom is -0.394 e. The number of rotatable bonds is 9. The second-order valence-corrected chi connectivity index (χ2v) is 13.2. The quantitative estimate of drug-likeness (QED) is 0.402. The number of likely N-dealkylation sites (N-methyl/N-ethyl adjacent to an activating group) is 1. The predicted octanol–water partition coefficient (Wildman–Crippen LogP) is 2.46. The molecular formula is C29H46N4O4. The van der Waals surface area contributed by atoms with Crippen LogP contribution in [0.2, 0.25) is 0 Å². The van der Waals surface area contributed by atoms with E-state index in [1.165, 1.54) is 6.42 Å². The van der Waals surface area contributed by atoms with Gasteiger partial charge >= 0.3 is 0 Å². The molecule has 0 radical (unpaired) electrons. The second-order valence-electron chi connectivity index (χ2n) is 13.2. The van der Waals surface area contributed by atoms with Crippen LogP contribution in [0.4, 0.5) is 5.69 Å². The summed E-state index contributed by atoms with van der Waals surface area (Å²) in [4.78, 5) is 22.3. The Morgan fingerprint density at radius 1 is 1.24 bits per heavy atom. The van der Waals surface area contributed by atoms with E-state index in [9.17, 15) is 15.0 Å². The van der Waals surface area contributed by atoms with E-state index in [1.807, 2.05) is 32.3 Å². The molecule has 5 aliphatic rings. The minimum absolute atomic E-state index is 0.0926. The molecule has 0 aromatic heterocycles. The number of carbonyl (C=O) groups is 1. The molecule has 8 heteroatoms. The standard InChI is InChI=1S/C29H46N4O4/c1-18-22-13-20(27(22,2)3)14-23(18)31-26(35)25-29(17-28(29,4)36)24(16-34)37-33(25)15-19-8-7-9-21(12-19)30-10-11-32(5)6/h7-9,12,18,20,22-25,30,34,36H,10-11,13-17H2,1-6H3,(H,31,35)/t18?,20-,22+,23+,24?,25-,28?,29-/m1/s1. The molecule has 4 aliphatic carbocycles. The van der Waals surface area contributed by atoms with Crippen LogP contribution in [0.1, 0.15) is 52.5 Å². The van der Waals surface area contributed by atoms with E-state index in [0.29, 0.717) is 36.1 Å². The van der Waals surface area contributed by atoms with Crippen molar-refractivity contribution in [3.05, 3.63) is 29.8 Å². The van der Waals surface area contributed by atoms with Gasteiger partial charge in [0.1, 0.15) is 12.1 Å². The molecule has 37 heavy (non-hydrogen) atoms. The van der Waals surface area contributed by atoms with Crippen LogP contribution in [0.25, 0.3) is 0 Å². The Balaban J connectivity index is 1.34.